The Labute approximate surface area is 151 Å². The molecule has 0 radical (unpaired) electrons. The predicted molar refractivity (Wildman–Crippen MR) is 95.2 cm³/mol. The highest BCUT2D eigenvalue weighted by Crippen LogP contribution is 2.56. The molecule has 132 valence electrons. The molecule has 0 amide bonds. The average Bonchev–Trinajstić information content (AvgIpc) is 3.24. The van der Waals surface area contributed by atoms with Crippen molar-refractivity contribution in [3.63, 3.8) is 0 Å². The third-order valence-electron chi connectivity index (χ3n) is 4.42. The van der Waals surface area contributed by atoms with E-state index in [0.29, 0.717) is 10.6 Å². The number of nitrogens with two attached hydrogens (primary N) is 1. The van der Waals surface area contributed by atoms with Crippen molar-refractivity contribution < 1.29 is 17.9 Å². The number of rotatable bonds is 5. The van der Waals surface area contributed by atoms with Crippen LogP contribution in [-0.4, -0.2) is 31.8 Å². The van der Waals surface area contributed by atoms with Crippen molar-refractivity contribution in [2.75, 3.05) is 6.61 Å². The van der Waals surface area contributed by atoms with E-state index in [-0.39, 0.29) is 11.5 Å². The average molecular weight is 380 g/mol. The van der Waals surface area contributed by atoms with Gasteiger partial charge in [-0.2, -0.15) is 0 Å². The molecule has 0 bridgehead atoms. The summed E-state index contributed by atoms with van der Waals surface area (Å²) in [6.07, 6.45) is 0. The molecule has 3 rings (SSSR count). The Morgan fingerprint density at radius 2 is 1.88 bits per heavy atom. The van der Waals surface area contributed by atoms with Crippen molar-refractivity contribution in [3.8, 4) is 0 Å². The number of carbonyl (C=O) groups is 1. The normalized spacial score (nSPS) is 25.4. The van der Waals surface area contributed by atoms with Gasteiger partial charge in [0.05, 0.1) is 11.5 Å². The van der Waals surface area contributed by atoms with Crippen LogP contribution in [0.1, 0.15) is 18.4 Å². The van der Waals surface area contributed by atoms with E-state index in [1.807, 2.05) is 0 Å². The number of benzene rings is 2. The summed E-state index contributed by atoms with van der Waals surface area (Å²) in [6.45, 7) is 1.77. The number of halogens is 1. The van der Waals surface area contributed by atoms with Crippen LogP contribution in [0.2, 0.25) is 5.02 Å². The van der Waals surface area contributed by atoms with E-state index in [4.69, 9.17) is 22.1 Å². The Kier molecular flexibility index (Phi) is 4.62. The monoisotopic (exact) mass is 379 g/mol. The molecule has 1 aliphatic carbocycles. The Balaban J connectivity index is 2.08. The lowest BCUT2D eigenvalue weighted by Gasteiger charge is -2.11. The summed E-state index contributed by atoms with van der Waals surface area (Å²) in [5.74, 6) is -1.43. The van der Waals surface area contributed by atoms with E-state index < -0.39 is 32.5 Å². The lowest BCUT2D eigenvalue weighted by atomic mass is 10.1. The predicted octanol–water partition coefficient (Wildman–Crippen LogP) is 2.54. The highest BCUT2D eigenvalue weighted by atomic mass is 35.5. The maximum Gasteiger partial charge on any atom is 0.328 e. The van der Waals surface area contributed by atoms with Gasteiger partial charge in [0.25, 0.3) is 0 Å². The number of esters is 1. The second-order valence-corrected chi connectivity index (χ2v) is 8.47. The molecule has 0 saturated heterocycles. The summed E-state index contributed by atoms with van der Waals surface area (Å²) >= 11 is 6.02. The summed E-state index contributed by atoms with van der Waals surface area (Å²) in [7, 11) is -3.82. The van der Waals surface area contributed by atoms with Crippen LogP contribution in [0.5, 0.6) is 0 Å². The van der Waals surface area contributed by atoms with E-state index in [1.54, 1.807) is 49.4 Å². The van der Waals surface area contributed by atoms with Crippen molar-refractivity contribution in [2.24, 2.45) is 5.73 Å². The molecule has 5 nitrogen and oxygen atoms in total. The van der Waals surface area contributed by atoms with Gasteiger partial charge in [-0.1, -0.05) is 41.9 Å². The van der Waals surface area contributed by atoms with Gasteiger partial charge in [-0.05, 0) is 36.8 Å². The molecule has 0 spiro atoms. The minimum absolute atomic E-state index is 0.123. The van der Waals surface area contributed by atoms with Gasteiger partial charge < -0.3 is 10.5 Å². The van der Waals surface area contributed by atoms with Gasteiger partial charge in [0.2, 0.25) is 0 Å². The third-order valence-corrected chi connectivity index (χ3v) is 6.92. The first-order valence-corrected chi connectivity index (χ1v) is 9.76. The maximum atomic E-state index is 13.1. The van der Waals surface area contributed by atoms with Crippen LogP contribution in [0.15, 0.2) is 59.5 Å². The zero-order chi connectivity index (χ0) is 18.2. The molecule has 1 saturated carbocycles. The topological polar surface area (TPSA) is 86.5 Å². The molecule has 0 aliphatic heterocycles. The number of ether oxygens (including phenoxy) is 1. The summed E-state index contributed by atoms with van der Waals surface area (Å²) in [4.78, 5) is 12.6. The van der Waals surface area contributed by atoms with Gasteiger partial charge in [0.15, 0.2) is 9.84 Å². The summed E-state index contributed by atoms with van der Waals surface area (Å²) in [6, 6.07) is 14.7. The molecule has 0 heterocycles. The first-order chi connectivity index (χ1) is 11.8. The molecule has 2 aromatic carbocycles. The number of carbonyl (C=O) groups excluding carboxylic acids is 1. The molecule has 7 heteroatoms. The van der Waals surface area contributed by atoms with Crippen LogP contribution in [0.25, 0.3) is 0 Å². The SMILES string of the molecule is CCOC(=O)[C@@]1(N)[C@H](c2cccc(Cl)c2)[C@@H]1S(=O)(=O)c1ccccc1. The molecule has 1 aliphatic rings. The highest BCUT2D eigenvalue weighted by Gasteiger charge is 2.74. The number of hydrogen-bond donors (Lipinski definition) is 1. The van der Waals surface area contributed by atoms with E-state index in [9.17, 15) is 13.2 Å². The Hall–Kier alpha value is -1.89. The minimum Gasteiger partial charge on any atom is -0.465 e. The zero-order valence-corrected chi connectivity index (χ0v) is 15.1. The summed E-state index contributed by atoms with van der Waals surface area (Å²) in [5, 5.41) is -0.647. The fraction of sp³-hybridized carbons (Fsp3) is 0.278. The van der Waals surface area contributed by atoms with Crippen molar-refractivity contribution >= 4 is 27.4 Å². The maximum absolute atomic E-state index is 13.1. The molecule has 2 N–H and O–H groups in total. The largest absolute Gasteiger partial charge is 0.465 e. The fourth-order valence-electron chi connectivity index (χ4n) is 3.22. The van der Waals surface area contributed by atoms with E-state index in [1.165, 1.54) is 12.1 Å². The molecular weight excluding hydrogens is 362 g/mol. The van der Waals surface area contributed by atoms with Gasteiger partial charge >= 0.3 is 5.97 Å². The van der Waals surface area contributed by atoms with Gasteiger partial charge in [-0.25, -0.2) is 13.2 Å². The fourth-order valence-corrected chi connectivity index (χ4v) is 5.66. The molecular formula is C18H18ClNO4S. The van der Waals surface area contributed by atoms with Crippen LogP contribution in [0.4, 0.5) is 0 Å². The lowest BCUT2D eigenvalue weighted by molar-refractivity contribution is -0.145. The van der Waals surface area contributed by atoms with Gasteiger partial charge in [-0.15, -0.1) is 0 Å². The van der Waals surface area contributed by atoms with Crippen molar-refractivity contribution in [1.29, 1.82) is 0 Å². The van der Waals surface area contributed by atoms with Crippen molar-refractivity contribution in [2.45, 2.75) is 28.5 Å². The molecule has 0 unspecified atom stereocenters. The smallest absolute Gasteiger partial charge is 0.328 e. The Morgan fingerprint density at radius 3 is 2.48 bits per heavy atom. The molecule has 0 aromatic heterocycles. The zero-order valence-electron chi connectivity index (χ0n) is 13.6. The third kappa shape index (κ3) is 2.94. The van der Waals surface area contributed by atoms with E-state index in [0.717, 1.165) is 0 Å². The summed E-state index contributed by atoms with van der Waals surface area (Å²) in [5.41, 5.74) is 5.25. The first kappa shape index (κ1) is 17.9. The Bertz CT molecular complexity index is 900. The van der Waals surface area contributed by atoms with Crippen LogP contribution in [0, 0.1) is 0 Å². The number of hydrogen-bond acceptors (Lipinski definition) is 5. The lowest BCUT2D eigenvalue weighted by Crippen LogP contribution is -2.41. The molecule has 25 heavy (non-hydrogen) atoms. The highest BCUT2D eigenvalue weighted by molar-refractivity contribution is 7.92. The van der Waals surface area contributed by atoms with Crippen molar-refractivity contribution in [1.82, 2.24) is 0 Å². The second-order valence-electron chi connectivity index (χ2n) is 5.96. The summed E-state index contributed by atoms with van der Waals surface area (Å²) < 4.78 is 31.2. The van der Waals surface area contributed by atoms with Gasteiger partial charge in [-0.3, -0.25) is 0 Å². The first-order valence-electron chi connectivity index (χ1n) is 7.84. The van der Waals surface area contributed by atoms with Gasteiger partial charge in [0.1, 0.15) is 10.8 Å². The Morgan fingerprint density at radius 1 is 1.20 bits per heavy atom. The van der Waals surface area contributed by atoms with E-state index >= 15 is 0 Å². The quantitative estimate of drug-likeness (QED) is 0.807. The molecule has 2 aromatic rings. The van der Waals surface area contributed by atoms with Crippen molar-refractivity contribution in [3.05, 3.63) is 65.2 Å². The van der Waals surface area contributed by atoms with Crippen LogP contribution >= 0.6 is 11.6 Å². The van der Waals surface area contributed by atoms with Gasteiger partial charge in [0, 0.05) is 10.9 Å². The van der Waals surface area contributed by atoms with Crippen LogP contribution in [0.3, 0.4) is 0 Å². The molecule has 3 atom stereocenters. The minimum atomic E-state index is -3.82. The van der Waals surface area contributed by atoms with Crippen LogP contribution < -0.4 is 5.73 Å². The number of sulfone groups is 1. The van der Waals surface area contributed by atoms with E-state index in [2.05, 4.69) is 0 Å². The second kappa shape index (κ2) is 6.44. The standard InChI is InChI=1S/C18H18ClNO4S/c1-2-24-17(21)18(20)15(12-7-6-8-13(19)11-12)16(18)25(22,23)14-9-4-3-5-10-14/h3-11,15-16H,2,20H2,1H3/t15-,16+,18-/m1/s1. The van der Waals surface area contributed by atoms with Crippen LogP contribution in [-0.2, 0) is 19.4 Å². The molecule has 1 fully saturated rings.